The minimum atomic E-state index is 0.249. The van der Waals surface area contributed by atoms with Crippen LogP contribution in [0.25, 0.3) is 11.3 Å². The Morgan fingerprint density at radius 2 is 1.82 bits per heavy atom. The molecular formula is C19H20N2S. The van der Waals surface area contributed by atoms with Gasteiger partial charge in [-0.3, -0.25) is 0 Å². The number of nitrogens with zero attached hydrogens (tertiary/aromatic N) is 1. The molecule has 22 heavy (non-hydrogen) atoms. The second-order valence-corrected chi connectivity index (χ2v) is 6.49. The van der Waals surface area contributed by atoms with Crippen molar-refractivity contribution >= 4 is 16.5 Å². The molecule has 0 radical (unpaired) electrons. The molecule has 0 saturated carbocycles. The van der Waals surface area contributed by atoms with E-state index in [1.165, 1.54) is 22.3 Å². The van der Waals surface area contributed by atoms with Crippen LogP contribution in [0.2, 0.25) is 0 Å². The molecule has 0 unspecified atom stereocenters. The molecule has 3 aromatic rings. The Morgan fingerprint density at radius 3 is 2.59 bits per heavy atom. The fourth-order valence-corrected chi connectivity index (χ4v) is 3.28. The van der Waals surface area contributed by atoms with Crippen molar-refractivity contribution in [3.05, 3.63) is 70.6 Å². The summed E-state index contributed by atoms with van der Waals surface area (Å²) in [5.74, 6) is 0. The van der Waals surface area contributed by atoms with Crippen LogP contribution in [0.15, 0.2) is 53.9 Å². The second kappa shape index (κ2) is 6.32. The third-order valence-corrected chi connectivity index (χ3v) is 4.59. The molecule has 0 aliphatic heterocycles. The first-order valence-corrected chi connectivity index (χ1v) is 8.36. The van der Waals surface area contributed by atoms with Gasteiger partial charge in [-0.1, -0.05) is 48.0 Å². The lowest BCUT2D eigenvalue weighted by molar-refractivity contribution is 0.882. The summed E-state index contributed by atoms with van der Waals surface area (Å²) in [6.45, 7) is 6.41. The predicted octanol–water partition coefficient (Wildman–Crippen LogP) is 5.60. The van der Waals surface area contributed by atoms with Crippen molar-refractivity contribution in [2.45, 2.75) is 26.8 Å². The largest absolute Gasteiger partial charge is 0.355 e. The number of benzene rings is 2. The Labute approximate surface area is 135 Å². The van der Waals surface area contributed by atoms with Crippen molar-refractivity contribution in [3.8, 4) is 11.3 Å². The molecule has 3 rings (SSSR count). The van der Waals surface area contributed by atoms with Crippen LogP contribution in [0.3, 0.4) is 0 Å². The average molecular weight is 308 g/mol. The fourth-order valence-electron chi connectivity index (χ4n) is 2.49. The summed E-state index contributed by atoms with van der Waals surface area (Å²) in [5, 5.41) is 6.58. The highest BCUT2D eigenvalue weighted by Crippen LogP contribution is 2.30. The van der Waals surface area contributed by atoms with Gasteiger partial charge in [-0.05, 0) is 38.0 Å². The number of thiazole rings is 1. The van der Waals surface area contributed by atoms with Crippen molar-refractivity contribution in [1.82, 2.24) is 4.98 Å². The molecule has 112 valence electrons. The van der Waals surface area contributed by atoms with Gasteiger partial charge in [-0.15, -0.1) is 11.3 Å². The SMILES string of the molecule is Cc1ccc(C)c(-c2csc(N[C@@H](C)c3ccccc3)n2)c1. The lowest BCUT2D eigenvalue weighted by Gasteiger charge is -2.12. The lowest BCUT2D eigenvalue weighted by atomic mass is 10.0. The maximum absolute atomic E-state index is 4.76. The monoisotopic (exact) mass is 308 g/mol. The van der Waals surface area contributed by atoms with Gasteiger partial charge in [0.1, 0.15) is 0 Å². The van der Waals surface area contributed by atoms with Crippen molar-refractivity contribution in [3.63, 3.8) is 0 Å². The van der Waals surface area contributed by atoms with Gasteiger partial charge in [0.2, 0.25) is 0 Å². The Hall–Kier alpha value is -2.13. The van der Waals surface area contributed by atoms with Crippen LogP contribution < -0.4 is 5.32 Å². The number of aromatic nitrogens is 1. The number of rotatable bonds is 4. The Kier molecular flexibility index (Phi) is 4.25. The Morgan fingerprint density at radius 1 is 1.05 bits per heavy atom. The summed E-state index contributed by atoms with van der Waals surface area (Å²) in [4.78, 5) is 4.76. The highest BCUT2D eigenvalue weighted by molar-refractivity contribution is 7.14. The normalized spacial score (nSPS) is 12.1. The minimum absolute atomic E-state index is 0.249. The maximum Gasteiger partial charge on any atom is 0.183 e. The molecule has 0 bridgehead atoms. The van der Waals surface area contributed by atoms with E-state index in [2.05, 4.69) is 73.9 Å². The van der Waals surface area contributed by atoms with Crippen LogP contribution in [-0.4, -0.2) is 4.98 Å². The molecule has 2 aromatic carbocycles. The number of nitrogens with one attached hydrogen (secondary N) is 1. The number of aryl methyl sites for hydroxylation is 2. The highest BCUT2D eigenvalue weighted by atomic mass is 32.1. The first kappa shape index (κ1) is 14.8. The number of hydrogen-bond donors (Lipinski definition) is 1. The standard InChI is InChI=1S/C19H20N2S/c1-13-9-10-14(2)17(11-13)18-12-22-19(21-18)20-15(3)16-7-5-4-6-8-16/h4-12,15H,1-3H3,(H,20,21)/t15-/m0/s1. The van der Waals surface area contributed by atoms with Gasteiger partial charge in [0.15, 0.2) is 5.13 Å². The van der Waals surface area contributed by atoms with E-state index in [-0.39, 0.29) is 6.04 Å². The number of hydrogen-bond acceptors (Lipinski definition) is 3. The van der Waals surface area contributed by atoms with E-state index in [0.29, 0.717) is 0 Å². The van der Waals surface area contributed by atoms with Crippen LogP contribution in [-0.2, 0) is 0 Å². The summed E-state index contributed by atoms with van der Waals surface area (Å²) in [7, 11) is 0. The topological polar surface area (TPSA) is 24.9 Å². The molecule has 1 aromatic heterocycles. The average Bonchev–Trinajstić information content (AvgIpc) is 2.99. The summed E-state index contributed by atoms with van der Waals surface area (Å²) in [6, 6.07) is 17.2. The maximum atomic E-state index is 4.76. The minimum Gasteiger partial charge on any atom is -0.355 e. The third-order valence-electron chi connectivity index (χ3n) is 3.81. The van der Waals surface area contributed by atoms with Gasteiger partial charge in [0.05, 0.1) is 11.7 Å². The molecule has 2 nitrogen and oxygen atoms in total. The molecular weight excluding hydrogens is 288 g/mol. The zero-order chi connectivity index (χ0) is 15.5. The van der Waals surface area contributed by atoms with Crippen LogP contribution in [0.4, 0.5) is 5.13 Å². The molecule has 0 amide bonds. The molecule has 1 heterocycles. The summed E-state index contributed by atoms with van der Waals surface area (Å²) in [5.41, 5.74) is 6.07. The van der Waals surface area contributed by atoms with Gasteiger partial charge >= 0.3 is 0 Å². The molecule has 1 N–H and O–H groups in total. The van der Waals surface area contributed by atoms with E-state index in [4.69, 9.17) is 4.98 Å². The van der Waals surface area contributed by atoms with Crippen LogP contribution >= 0.6 is 11.3 Å². The van der Waals surface area contributed by atoms with E-state index in [9.17, 15) is 0 Å². The fraction of sp³-hybridized carbons (Fsp3) is 0.211. The third kappa shape index (κ3) is 3.20. The van der Waals surface area contributed by atoms with Crippen molar-refractivity contribution < 1.29 is 0 Å². The highest BCUT2D eigenvalue weighted by Gasteiger charge is 2.10. The molecule has 0 aliphatic rings. The van der Waals surface area contributed by atoms with Crippen LogP contribution in [0, 0.1) is 13.8 Å². The second-order valence-electron chi connectivity index (χ2n) is 5.63. The first-order valence-electron chi connectivity index (χ1n) is 7.48. The van der Waals surface area contributed by atoms with Crippen LogP contribution in [0.5, 0.6) is 0 Å². The van der Waals surface area contributed by atoms with E-state index in [0.717, 1.165) is 10.8 Å². The summed E-state index contributed by atoms with van der Waals surface area (Å²) < 4.78 is 0. The van der Waals surface area contributed by atoms with E-state index >= 15 is 0 Å². The van der Waals surface area contributed by atoms with E-state index < -0.39 is 0 Å². The van der Waals surface area contributed by atoms with Crippen LogP contribution in [0.1, 0.15) is 29.7 Å². The smallest absolute Gasteiger partial charge is 0.183 e. The van der Waals surface area contributed by atoms with Gasteiger partial charge in [0, 0.05) is 10.9 Å². The van der Waals surface area contributed by atoms with Gasteiger partial charge < -0.3 is 5.32 Å². The molecule has 0 spiro atoms. The Balaban J connectivity index is 1.81. The summed E-state index contributed by atoms with van der Waals surface area (Å²) in [6.07, 6.45) is 0. The number of anilines is 1. The quantitative estimate of drug-likeness (QED) is 0.678. The molecule has 0 aliphatic carbocycles. The van der Waals surface area contributed by atoms with E-state index in [1.54, 1.807) is 11.3 Å². The van der Waals surface area contributed by atoms with Crippen molar-refractivity contribution in [1.29, 1.82) is 0 Å². The summed E-state index contributed by atoms with van der Waals surface area (Å²) >= 11 is 1.66. The van der Waals surface area contributed by atoms with E-state index in [1.807, 2.05) is 6.07 Å². The zero-order valence-electron chi connectivity index (χ0n) is 13.1. The van der Waals surface area contributed by atoms with Gasteiger partial charge in [0.25, 0.3) is 0 Å². The molecule has 3 heteroatoms. The molecule has 1 atom stereocenters. The molecule has 0 fully saturated rings. The lowest BCUT2D eigenvalue weighted by Crippen LogP contribution is -2.05. The van der Waals surface area contributed by atoms with Crippen molar-refractivity contribution in [2.75, 3.05) is 5.32 Å². The Bertz CT molecular complexity index is 762. The zero-order valence-corrected chi connectivity index (χ0v) is 13.9. The first-order chi connectivity index (χ1) is 10.6. The molecule has 0 saturated heterocycles. The predicted molar refractivity (Wildman–Crippen MR) is 95.5 cm³/mol. The van der Waals surface area contributed by atoms with Crippen molar-refractivity contribution in [2.24, 2.45) is 0 Å². The van der Waals surface area contributed by atoms with Gasteiger partial charge in [-0.2, -0.15) is 0 Å². The van der Waals surface area contributed by atoms with Gasteiger partial charge in [-0.25, -0.2) is 4.98 Å².